The van der Waals surface area contributed by atoms with E-state index in [0.717, 1.165) is 16.5 Å². The largest absolute Gasteiger partial charge is 0.497 e. The molecule has 1 fully saturated rings. The summed E-state index contributed by atoms with van der Waals surface area (Å²) in [5.74, 6) is 0.451. The van der Waals surface area contributed by atoms with Gasteiger partial charge in [0, 0.05) is 24.4 Å². The lowest BCUT2D eigenvalue weighted by Gasteiger charge is -2.19. The molecule has 1 aliphatic rings. The maximum absolute atomic E-state index is 12.8. The van der Waals surface area contributed by atoms with Crippen molar-refractivity contribution >= 4 is 34.0 Å². The number of amides is 2. The average Bonchev–Trinajstić information content (AvgIpc) is 3.15. The summed E-state index contributed by atoms with van der Waals surface area (Å²) in [4.78, 5) is 27.2. The summed E-state index contributed by atoms with van der Waals surface area (Å²) in [5, 5.41) is 4.95. The lowest BCUT2D eigenvalue weighted by Crippen LogP contribution is -2.28. The van der Waals surface area contributed by atoms with Crippen LogP contribution in [0.25, 0.3) is 10.8 Å². The van der Waals surface area contributed by atoms with Crippen LogP contribution in [0.4, 0.5) is 11.4 Å². The fourth-order valence-corrected chi connectivity index (χ4v) is 3.70. The number of hydrogen-bond acceptors (Lipinski definition) is 4. The van der Waals surface area contributed by atoms with E-state index in [0.29, 0.717) is 23.7 Å². The van der Waals surface area contributed by atoms with Crippen molar-refractivity contribution < 1.29 is 19.1 Å². The highest BCUT2D eigenvalue weighted by atomic mass is 16.5. The molecule has 0 aliphatic carbocycles. The Balaban J connectivity index is 1.54. The molecular weight excluding hydrogens is 368 g/mol. The molecule has 6 nitrogen and oxygen atoms in total. The first-order valence-electron chi connectivity index (χ1n) is 9.41. The summed E-state index contributed by atoms with van der Waals surface area (Å²) in [6.45, 7) is 0.344. The fraction of sp³-hybridized carbons (Fsp3) is 0.217. The molecule has 3 aromatic carbocycles. The van der Waals surface area contributed by atoms with Crippen LogP contribution in [0.15, 0.2) is 60.7 Å². The van der Waals surface area contributed by atoms with Crippen molar-refractivity contribution in [3.63, 3.8) is 0 Å². The van der Waals surface area contributed by atoms with E-state index in [2.05, 4.69) is 5.32 Å². The highest BCUT2D eigenvalue weighted by molar-refractivity contribution is 6.08. The van der Waals surface area contributed by atoms with Crippen LogP contribution in [0.2, 0.25) is 0 Å². The van der Waals surface area contributed by atoms with Gasteiger partial charge in [-0.1, -0.05) is 36.4 Å². The maximum Gasteiger partial charge on any atom is 0.229 e. The number of benzene rings is 3. The normalized spacial score (nSPS) is 16.1. The second kappa shape index (κ2) is 7.83. The van der Waals surface area contributed by atoms with E-state index in [4.69, 9.17) is 9.47 Å². The minimum absolute atomic E-state index is 0.0526. The lowest BCUT2D eigenvalue weighted by molar-refractivity contribution is -0.122. The quantitative estimate of drug-likeness (QED) is 0.719. The first kappa shape index (κ1) is 18.8. The first-order valence-corrected chi connectivity index (χ1v) is 9.41. The van der Waals surface area contributed by atoms with E-state index < -0.39 is 5.92 Å². The predicted molar refractivity (Wildman–Crippen MR) is 113 cm³/mol. The van der Waals surface area contributed by atoms with Gasteiger partial charge in [-0.15, -0.1) is 0 Å². The molecule has 0 radical (unpaired) electrons. The molecule has 0 saturated carbocycles. The molecule has 1 saturated heterocycles. The summed E-state index contributed by atoms with van der Waals surface area (Å²) in [7, 11) is 3.10. The third kappa shape index (κ3) is 3.61. The summed E-state index contributed by atoms with van der Waals surface area (Å²) in [6.07, 6.45) is 0.174. The second-order valence-corrected chi connectivity index (χ2v) is 6.96. The van der Waals surface area contributed by atoms with E-state index in [1.54, 1.807) is 30.2 Å². The van der Waals surface area contributed by atoms with Crippen molar-refractivity contribution in [2.24, 2.45) is 5.92 Å². The van der Waals surface area contributed by atoms with Gasteiger partial charge < -0.3 is 19.7 Å². The lowest BCUT2D eigenvalue weighted by atomic mass is 10.1. The molecule has 6 heteroatoms. The van der Waals surface area contributed by atoms with E-state index >= 15 is 0 Å². The average molecular weight is 390 g/mol. The smallest absolute Gasteiger partial charge is 0.229 e. The summed E-state index contributed by atoms with van der Waals surface area (Å²) < 4.78 is 10.5. The van der Waals surface area contributed by atoms with Crippen LogP contribution in [-0.4, -0.2) is 32.6 Å². The van der Waals surface area contributed by atoms with Crippen LogP contribution in [0.3, 0.4) is 0 Å². The summed E-state index contributed by atoms with van der Waals surface area (Å²) >= 11 is 0. The molecular formula is C23H22N2O4. The van der Waals surface area contributed by atoms with Gasteiger partial charge in [-0.05, 0) is 23.6 Å². The number of anilines is 2. The van der Waals surface area contributed by atoms with Gasteiger partial charge in [-0.2, -0.15) is 0 Å². The van der Waals surface area contributed by atoms with Crippen molar-refractivity contribution in [1.29, 1.82) is 0 Å². The molecule has 0 spiro atoms. The molecule has 2 amide bonds. The van der Waals surface area contributed by atoms with Crippen LogP contribution in [0, 0.1) is 5.92 Å². The second-order valence-electron chi connectivity index (χ2n) is 6.96. The standard InChI is InChI=1S/C23H22N2O4/c1-28-17-10-11-19(21(13-17)29-2)24-23(27)16-12-22(26)25(14-16)20-9-5-7-15-6-3-4-8-18(15)20/h3-11,13,16H,12,14H2,1-2H3,(H,24,27). The molecule has 0 aromatic heterocycles. The van der Waals surface area contributed by atoms with Gasteiger partial charge in [0.2, 0.25) is 11.8 Å². The Hall–Kier alpha value is -3.54. The molecule has 1 unspecified atom stereocenters. The molecule has 4 rings (SSSR count). The molecule has 0 bridgehead atoms. The van der Waals surface area contributed by atoms with Crippen LogP contribution in [0.1, 0.15) is 6.42 Å². The van der Waals surface area contributed by atoms with E-state index in [-0.39, 0.29) is 18.2 Å². The Labute approximate surface area is 169 Å². The third-order valence-corrected chi connectivity index (χ3v) is 5.22. The minimum Gasteiger partial charge on any atom is -0.497 e. The molecule has 3 aromatic rings. The Morgan fingerprint density at radius 1 is 1.03 bits per heavy atom. The molecule has 1 aliphatic heterocycles. The number of nitrogens with zero attached hydrogens (tertiary/aromatic N) is 1. The molecule has 1 heterocycles. The Kier molecular flexibility index (Phi) is 5.08. The fourth-order valence-electron chi connectivity index (χ4n) is 3.70. The van der Waals surface area contributed by atoms with Crippen molar-refractivity contribution in [1.82, 2.24) is 0 Å². The summed E-state index contributed by atoms with van der Waals surface area (Å²) in [6, 6.07) is 19.0. The first-order chi connectivity index (χ1) is 14.1. The van der Waals surface area contributed by atoms with E-state index in [9.17, 15) is 9.59 Å². The number of methoxy groups -OCH3 is 2. The highest BCUT2D eigenvalue weighted by Crippen LogP contribution is 2.33. The van der Waals surface area contributed by atoms with Crippen LogP contribution < -0.4 is 19.7 Å². The number of rotatable bonds is 5. The van der Waals surface area contributed by atoms with Gasteiger partial charge in [0.1, 0.15) is 11.5 Å². The SMILES string of the molecule is COc1ccc(NC(=O)C2CC(=O)N(c3cccc4ccccc34)C2)c(OC)c1. The minimum atomic E-state index is -0.437. The summed E-state index contributed by atoms with van der Waals surface area (Å²) in [5.41, 5.74) is 1.39. The third-order valence-electron chi connectivity index (χ3n) is 5.22. The molecule has 29 heavy (non-hydrogen) atoms. The van der Waals surface area contributed by atoms with Gasteiger partial charge >= 0.3 is 0 Å². The molecule has 148 valence electrons. The highest BCUT2D eigenvalue weighted by Gasteiger charge is 2.36. The topological polar surface area (TPSA) is 67.9 Å². The van der Waals surface area contributed by atoms with Crippen LogP contribution in [0.5, 0.6) is 11.5 Å². The number of carbonyl (C=O) groups is 2. The number of carbonyl (C=O) groups excluding carboxylic acids is 2. The molecule has 1 atom stereocenters. The maximum atomic E-state index is 12.8. The zero-order chi connectivity index (χ0) is 20.4. The Bertz CT molecular complexity index is 1070. The number of nitrogens with one attached hydrogen (secondary N) is 1. The Morgan fingerprint density at radius 3 is 2.62 bits per heavy atom. The van der Waals surface area contributed by atoms with Crippen molar-refractivity contribution in [2.45, 2.75) is 6.42 Å². The zero-order valence-corrected chi connectivity index (χ0v) is 16.3. The van der Waals surface area contributed by atoms with Gasteiger partial charge in [0.05, 0.1) is 31.5 Å². The van der Waals surface area contributed by atoms with Crippen LogP contribution in [-0.2, 0) is 9.59 Å². The number of hydrogen-bond donors (Lipinski definition) is 1. The van der Waals surface area contributed by atoms with Gasteiger partial charge in [0.25, 0.3) is 0 Å². The van der Waals surface area contributed by atoms with Crippen molar-refractivity contribution in [2.75, 3.05) is 31.0 Å². The molecule has 1 N–H and O–H groups in total. The zero-order valence-electron chi connectivity index (χ0n) is 16.3. The van der Waals surface area contributed by atoms with E-state index in [1.807, 2.05) is 42.5 Å². The van der Waals surface area contributed by atoms with Crippen molar-refractivity contribution in [3.8, 4) is 11.5 Å². The van der Waals surface area contributed by atoms with Gasteiger partial charge in [0.15, 0.2) is 0 Å². The Morgan fingerprint density at radius 2 is 1.83 bits per heavy atom. The van der Waals surface area contributed by atoms with Crippen molar-refractivity contribution in [3.05, 3.63) is 60.7 Å². The van der Waals surface area contributed by atoms with Gasteiger partial charge in [-0.3, -0.25) is 9.59 Å². The van der Waals surface area contributed by atoms with Gasteiger partial charge in [-0.25, -0.2) is 0 Å². The number of ether oxygens (including phenoxy) is 2. The van der Waals surface area contributed by atoms with Crippen LogP contribution >= 0.6 is 0 Å². The predicted octanol–water partition coefficient (Wildman–Crippen LogP) is 3.85. The monoisotopic (exact) mass is 390 g/mol. The number of fused-ring (bicyclic) bond motifs is 1. The van der Waals surface area contributed by atoms with E-state index in [1.165, 1.54) is 7.11 Å².